The summed E-state index contributed by atoms with van der Waals surface area (Å²) in [6, 6.07) is 21.4. The summed E-state index contributed by atoms with van der Waals surface area (Å²) in [6.45, 7) is 3.37. The molecule has 5 aromatic rings. The lowest BCUT2D eigenvalue weighted by Gasteiger charge is -2.13. The van der Waals surface area contributed by atoms with Gasteiger partial charge in [0, 0.05) is 23.0 Å². The Balaban J connectivity index is 1.23. The molecule has 182 valence electrons. The van der Waals surface area contributed by atoms with E-state index in [1.54, 1.807) is 29.3 Å². The fourth-order valence-electron chi connectivity index (χ4n) is 5.49. The van der Waals surface area contributed by atoms with Crippen LogP contribution in [0.4, 0.5) is 0 Å². The fourth-order valence-corrected chi connectivity index (χ4v) is 6.62. The lowest BCUT2D eigenvalue weighted by atomic mass is 10.0. The first-order valence-corrected chi connectivity index (χ1v) is 13.3. The van der Waals surface area contributed by atoms with Crippen LogP contribution in [-0.2, 0) is 25.8 Å². The Hall–Kier alpha value is -3.48. The van der Waals surface area contributed by atoms with Crippen molar-refractivity contribution in [3.8, 4) is 5.75 Å². The SMILES string of the molecule is COc1ccc2ccccc2c1Cn1cnc2sc(CCNC3Cc4ccccc4C3)c(C)c2c1=O. The molecule has 0 atom stereocenters. The van der Waals surface area contributed by atoms with Crippen LogP contribution in [0.15, 0.2) is 71.8 Å². The maximum atomic E-state index is 13.6. The van der Waals surface area contributed by atoms with Gasteiger partial charge in [-0.25, -0.2) is 4.98 Å². The highest BCUT2D eigenvalue weighted by Gasteiger charge is 2.21. The van der Waals surface area contributed by atoms with Crippen molar-refractivity contribution in [2.45, 2.75) is 38.8 Å². The number of hydrogen-bond donors (Lipinski definition) is 1. The van der Waals surface area contributed by atoms with Crippen LogP contribution in [0.1, 0.15) is 27.1 Å². The predicted octanol–water partition coefficient (Wildman–Crippen LogP) is 5.28. The largest absolute Gasteiger partial charge is 0.496 e. The highest BCUT2D eigenvalue weighted by atomic mass is 32.1. The second-order valence-corrected chi connectivity index (χ2v) is 10.6. The van der Waals surface area contributed by atoms with Crippen molar-refractivity contribution in [1.29, 1.82) is 0 Å². The van der Waals surface area contributed by atoms with Gasteiger partial charge < -0.3 is 10.1 Å². The van der Waals surface area contributed by atoms with E-state index < -0.39 is 0 Å². The highest BCUT2D eigenvalue weighted by molar-refractivity contribution is 7.18. The summed E-state index contributed by atoms with van der Waals surface area (Å²) in [5.74, 6) is 0.781. The van der Waals surface area contributed by atoms with E-state index in [4.69, 9.17) is 4.74 Å². The number of ether oxygens (including phenoxy) is 1. The van der Waals surface area contributed by atoms with Crippen LogP contribution < -0.4 is 15.6 Å². The first kappa shape index (κ1) is 23.0. The molecule has 1 N–H and O–H groups in total. The van der Waals surface area contributed by atoms with E-state index in [2.05, 4.69) is 59.7 Å². The zero-order valence-corrected chi connectivity index (χ0v) is 21.4. The Labute approximate surface area is 214 Å². The number of aryl methyl sites for hydroxylation is 1. The van der Waals surface area contributed by atoms with Gasteiger partial charge in [0.1, 0.15) is 10.6 Å². The van der Waals surface area contributed by atoms with Gasteiger partial charge in [0.25, 0.3) is 5.56 Å². The van der Waals surface area contributed by atoms with Crippen molar-refractivity contribution >= 4 is 32.3 Å². The maximum absolute atomic E-state index is 13.6. The molecule has 1 aliphatic rings. The van der Waals surface area contributed by atoms with E-state index in [1.165, 1.54) is 16.0 Å². The topological polar surface area (TPSA) is 56.1 Å². The van der Waals surface area contributed by atoms with E-state index in [0.717, 1.165) is 63.7 Å². The lowest BCUT2D eigenvalue weighted by molar-refractivity contribution is 0.409. The molecular weight excluding hydrogens is 466 g/mol. The number of rotatable bonds is 7. The second-order valence-electron chi connectivity index (χ2n) is 9.55. The molecule has 0 amide bonds. The lowest BCUT2D eigenvalue weighted by Crippen LogP contribution is -2.31. The van der Waals surface area contributed by atoms with Crippen molar-refractivity contribution in [3.05, 3.63) is 104 Å². The molecule has 0 spiro atoms. The number of benzene rings is 3. The van der Waals surface area contributed by atoms with E-state index in [9.17, 15) is 4.79 Å². The van der Waals surface area contributed by atoms with Crippen LogP contribution in [0, 0.1) is 6.92 Å². The molecule has 0 aliphatic heterocycles. The van der Waals surface area contributed by atoms with Crippen LogP contribution in [0.3, 0.4) is 0 Å². The monoisotopic (exact) mass is 495 g/mol. The van der Waals surface area contributed by atoms with Gasteiger partial charge in [-0.15, -0.1) is 11.3 Å². The molecular formula is C30H29N3O2S. The third-order valence-corrected chi connectivity index (χ3v) is 8.66. The molecule has 0 bridgehead atoms. The molecule has 1 aliphatic carbocycles. The first-order valence-electron chi connectivity index (χ1n) is 12.4. The molecule has 36 heavy (non-hydrogen) atoms. The Morgan fingerprint density at radius 2 is 1.81 bits per heavy atom. The minimum atomic E-state index is 0.00851. The van der Waals surface area contributed by atoms with Crippen LogP contribution in [0.5, 0.6) is 5.75 Å². The Morgan fingerprint density at radius 3 is 2.58 bits per heavy atom. The zero-order chi connectivity index (χ0) is 24.6. The number of fused-ring (bicyclic) bond motifs is 3. The summed E-state index contributed by atoms with van der Waals surface area (Å²) >= 11 is 1.64. The average Bonchev–Trinajstić information content (AvgIpc) is 3.46. The molecule has 0 unspecified atom stereocenters. The minimum Gasteiger partial charge on any atom is -0.496 e. The van der Waals surface area contributed by atoms with Gasteiger partial charge >= 0.3 is 0 Å². The Kier molecular flexibility index (Phi) is 6.07. The molecule has 6 heteroatoms. The number of methoxy groups -OCH3 is 1. The molecule has 6 rings (SSSR count). The van der Waals surface area contributed by atoms with Gasteiger partial charge in [-0.2, -0.15) is 0 Å². The van der Waals surface area contributed by atoms with Crippen LogP contribution in [0.25, 0.3) is 21.0 Å². The number of aromatic nitrogens is 2. The molecule has 0 saturated heterocycles. The van der Waals surface area contributed by atoms with Crippen LogP contribution in [0.2, 0.25) is 0 Å². The third kappa shape index (κ3) is 4.10. The normalized spacial score (nSPS) is 13.5. The summed E-state index contributed by atoms with van der Waals surface area (Å²) in [5, 5.41) is 6.68. The maximum Gasteiger partial charge on any atom is 0.262 e. The highest BCUT2D eigenvalue weighted by Crippen LogP contribution is 2.30. The fraction of sp³-hybridized carbons (Fsp3) is 0.267. The van der Waals surface area contributed by atoms with Gasteiger partial charge in [-0.3, -0.25) is 9.36 Å². The quantitative estimate of drug-likeness (QED) is 0.334. The van der Waals surface area contributed by atoms with Gasteiger partial charge in [0.2, 0.25) is 0 Å². The number of thiophene rings is 1. The van der Waals surface area contributed by atoms with Gasteiger partial charge in [-0.1, -0.05) is 54.6 Å². The van der Waals surface area contributed by atoms with Crippen molar-refractivity contribution in [2.24, 2.45) is 0 Å². The summed E-state index contributed by atoms with van der Waals surface area (Å²) in [6.07, 6.45) is 4.76. The van der Waals surface area contributed by atoms with Crippen molar-refractivity contribution < 1.29 is 4.74 Å². The molecule has 3 aromatic carbocycles. The number of nitrogens with one attached hydrogen (secondary N) is 1. The summed E-state index contributed by atoms with van der Waals surface area (Å²) < 4.78 is 7.36. The van der Waals surface area contributed by atoms with Gasteiger partial charge in [-0.05, 0) is 59.7 Å². The summed E-state index contributed by atoms with van der Waals surface area (Å²) in [4.78, 5) is 20.3. The number of hydrogen-bond acceptors (Lipinski definition) is 5. The summed E-state index contributed by atoms with van der Waals surface area (Å²) in [5.41, 5.74) is 4.98. The van der Waals surface area contributed by atoms with E-state index in [-0.39, 0.29) is 5.56 Å². The first-order chi connectivity index (χ1) is 17.6. The van der Waals surface area contributed by atoms with E-state index in [1.807, 2.05) is 18.2 Å². The number of nitrogens with zero attached hydrogens (tertiary/aromatic N) is 2. The van der Waals surface area contributed by atoms with Gasteiger partial charge in [0.05, 0.1) is 25.4 Å². The molecule has 5 nitrogen and oxygen atoms in total. The molecule has 2 aromatic heterocycles. The van der Waals surface area contributed by atoms with Crippen molar-refractivity contribution in [1.82, 2.24) is 14.9 Å². The summed E-state index contributed by atoms with van der Waals surface area (Å²) in [7, 11) is 1.67. The molecule has 2 heterocycles. The zero-order valence-electron chi connectivity index (χ0n) is 20.6. The Morgan fingerprint density at radius 1 is 1.06 bits per heavy atom. The molecule has 0 fully saturated rings. The second kappa shape index (κ2) is 9.52. The molecule has 0 saturated carbocycles. The van der Waals surface area contributed by atoms with E-state index in [0.29, 0.717) is 12.6 Å². The predicted molar refractivity (Wildman–Crippen MR) is 148 cm³/mol. The van der Waals surface area contributed by atoms with Crippen LogP contribution >= 0.6 is 11.3 Å². The van der Waals surface area contributed by atoms with Crippen molar-refractivity contribution in [2.75, 3.05) is 13.7 Å². The minimum absolute atomic E-state index is 0.00851. The third-order valence-electron chi connectivity index (χ3n) is 7.40. The van der Waals surface area contributed by atoms with E-state index >= 15 is 0 Å². The Bertz CT molecular complexity index is 1610. The average molecular weight is 496 g/mol. The van der Waals surface area contributed by atoms with Crippen molar-refractivity contribution in [3.63, 3.8) is 0 Å². The van der Waals surface area contributed by atoms with Gasteiger partial charge in [0.15, 0.2) is 0 Å². The molecule has 0 radical (unpaired) electrons. The van der Waals surface area contributed by atoms with Crippen LogP contribution in [-0.4, -0.2) is 29.2 Å². The standard InChI is InChI=1S/C30H29N3O2S/c1-19-27(13-14-31-23-15-21-8-3-4-9-22(21)16-23)36-29-28(19)30(34)33(18-32-29)17-25-24-10-6-5-7-20(24)11-12-26(25)35-2/h3-12,18,23,31H,13-17H2,1-2H3. The smallest absolute Gasteiger partial charge is 0.262 e.